The second-order valence-electron chi connectivity index (χ2n) is 6.95. The lowest BCUT2D eigenvalue weighted by molar-refractivity contribution is -0.203. The van der Waals surface area contributed by atoms with Gasteiger partial charge in [-0.1, -0.05) is 35.9 Å². The van der Waals surface area contributed by atoms with Crippen molar-refractivity contribution < 1.29 is 27.5 Å². The Kier molecular flexibility index (Phi) is 6.39. The van der Waals surface area contributed by atoms with Gasteiger partial charge >= 0.3 is 17.8 Å². The molecule has 3 aromatic rings. The number of methoxy groups -OCH3 is 1. The van der Waals surface area contributed by atoms with Crippen molar-refractivity contribution in [1.82, 2.24) is 15.1 Å². The van der Waals surface area contributed by atoms with E-state index < -0.39 is 29.5 Å². The van der Waals surface area contributed by atoms with E-state index in [2.05, 4.69) is 9.84 Å². The average molecular weight is 457 g/mol. The summed E-state index contributed by atoms with van der Waals surface area (Å²) in [6, 6.07) is 15.5. The number of carbonyl (C=O) groups excluding carboxylic acids is 2. The third-order valence-corrected chi connectivity index (χ3v) is 4.69. The van der Waals surface area contributed by atoms with Gasteiger partial charge in [0.15, 0.2) is 0 Å². The van der Waals surface area contributed by atoms with Crippen LogP contribution < -0.4 is 10.6 Å². The first-order valence-electron chi connectivity index (χ1n) is 9.49. The van der Waals surface area contributed by atoms with Gasteiger partial charge in [0.25, 0.3) is 5.91 Å². The molecule has 1 aromatic heterocycles. The topological polar surface area (TPSA) is 109 Å². The molecule has 3 rings (SSSR count). The molecule has 2 aromatic carbocycles. The molecule has 0 saturated heterocycles. The largest absolute Gasteiger partial charge is 0.466 e. The van der Waals surface area contributed by atoms with Crippen molar-refractivity contribution in [3.63, 3.8) is 0 Å². The van der Waals surface area contributed by atoms with Gasteiger partial charge in [0.1, 0.15) is 17.5 Å². The highest BCUT2D eigenvalue weighted by atomic mass is 19.4. The molecule has 0 fully saturated rings. The minimum absolute atomic E-state index is 0.105. The van der Waals surface area contributed by atoms with Crippen LogP contribution in [0.2, 0.25) is 0 Å². The summed E-state index contributed by atoms with van der Waals surface area (Å²) in [6.45, 7) is 1.66. The van der Waals surface area contributed by atoms with E-state index in [4.69, 9.17) is 0 Å². The molecule has 2 N–H and O–H groups in total. The molecule has 0 radical (unpaired) electrons. The number of ether oxygens (including phenoxy) is 1. The maximum absolute atomic E-state index is 14.4. The minimum atomic E-state index is -5.38. The summed E-state index contributed by atoms with van der Waals surface area (Å²) >= 11 is 0. The van der Waals surface area contributed by atoms with Crippen LogP contribution in [0.15, 0.2) is 60.8 Å². The van der Waals surface area contributed by atoms with E-state index in [0.29, 0.717) is 11.3 Å². The summed E-state index contributed by atoms with van der Waals surface area (Å²) < 4.78 is 48.8. The molecule has 33 heavy (non-hydrogen) atoms. The lowest BCUT2D eigenvalue weighted by Crippen LogP contribution is -2.69. The SMILES string of the molecule is COC(=O)[C@@](NC(=O)c1cccc(C)c1)(Nc1c(C#N)cnn1-c1ccccc1)C(F)(F)F. The third-order valence-electron chi connectivity index (χ3n) is 4.69. The number of anilines is 1. The van der Waals surface area contributed by atoms with Crippen molar-refractivity contribution in [1.29, 1.82) is 5.26 Å². The van der Waals surface area contributed by atoms with Gasteiger partial charge in [-0.25, -0.2) is 9.48 Å². The predicted molar refractivity (Wildman–Crippen MR) is 111 cm³/mol. The monoisotopic (exact) mass is 457 g/mol. The number of hydrogen-bond acceptors (Lipinski definition) is 6. The van der Waals surface area contributed by atoms with Crippen LogP contribution in [0.3, 0.4) is 0 Å². The molecule has 8 nitrogen and oxygen atoms in total. The van der Waals surface area contributed by atoms with E-state index in [0.717, 1.165) is 18.0 Å². The number of nitrogens with one attached hydrogen (secondary N) is 2. The summed E-state index contributed by atoms with van der Waals surface area (Å²) in [5.74, 6) is -3.48. The molecular formula is C22H18F3N5O3. The number of alkyl halides is 3. The number of esters is 1. The normalized spacial score (nSPS) is 12.8. The lowest BCUT2D eigenvalue weighted by Gasteiger charge is -2.35. The Bertz CT molecular complexity index is 1220. The average Bonchev–Trinajstić information content (AvgIpc) is 3.20. The zero-order chi connectivity index (χ0) is 24.2. The summed E-state index contributed by atoms with van der Waals surface area (Å²) in [5.41, 5.74) is -3.18. The molecule has 0 aliphatic rings. The second kappa shape index (κ2) is 9.04. The van der Waals surface area contributed by atoms with Gasteiger partial charge in [0.2, 0.25) is 0 Å². The van der Waals surface area contributed by atoms with Gasteiger partial charge in [-0.05, 0) is 31.2 Å². The molecule has 0 aliphatic carbocycles. The highest BCUT2D eigenvalue weighted by molar-refractivity contribution is 5.99. The molecule has 1 heterocycles. The fourth-order valence-electron chi connectivity index (χ4n) is 3.07. The molecule has 1 amide bonds. The van der Waals surface area contributed by atoms with Crippen LogP contribution in [0.25, 0.3) is 5.69 Å². The number of aromatic nitrogens is 2. The predicted octanol–water partition coefficient (Wildman–Crippen LogP) is 3.33. The molecule has 0 unspecified atom stereocenters. The van der Waals surface area contributed by atoms with Crippen molar-refractivity contribution in [2.45, 2.75) is 18.8 Å². The number of aryl methyl sites for hydroxylation is 1. The Morgan fingerprint density at radius 2 is 1.82 bits per heavy atom. The molecule has 0 spiro atoms. The smallest absolute Gasteiger partial charge is 0.441 e. The fourth-order valence-corrected chi connectivity index (χ4v) is 3.07. The van der Waals surface area contributed by atoms with E-state index in [1.165, 1.54) is 30.3 Å². The fraction of sp³-hybridized carbons (Fsp3) is 0.182. The zero-order valence-electron chi connectivity index (χ0n) is 17.5. The Morgan fingerprint density at radius 3 is 2.39 bits per heavy atom. The Balaban J connectivity index is 2.16. The standard InChI is InChI=1S/C22H18F3N5O3/c1-14-7-6-8-15(11-14)19(31)29-21(20(32)33-2,22(23,24)25)28-18-16(12-26)13-27-30(18)17-9-4-3-5-10-17/h3-11,13,28H,1-2H3,(H,29,31)/t21-/m0/s1. The Hall–Kier alpha value is -4.33. The van der Waals surface area contributed by atoms with Crippen LogP contribution in [-0.4, -0.2) is 40.6 Å². The molecule has 170 valence electrons. The van der Waals surface area contributed by atoms with Crippen molar-refractivity contribution in [3.05, 3.63) is 77.5 Å². The summed E-state index contributed by atoms with van der Waals surface area (Å²) in [6.07, 6.45) is -4.34. The van der Waals surface area contributed by atoms with Gasteiger partial charge in [0, 0.05) is 5.56 Å². The molecule has 11 heteroatoms. The third kappa shape index (κ3) is 4.50. The van der Waals surface area contributed by atoms with E-state index in [9.17, 15) is 28.0 Å². The number of hydrogen-bond donors (Lipinski definition) is 2. The van der Waals surface area contributed by atoms with Gasteiger partial charge in [-0.2, -0.15) is 23.5 Å². The van der Waals surface area contributed by atoms with Gasteiger partial charge in [-0.3, -0.25) is 4.79 Å². The molecular weight excluding hydrogens is 439 g/mol. The first-order chi connectivity index (χ1) is 15.6. The van der Waals surface area contributed by atoms with Crippen LogP contribution in [0.4, 0.5) is 19.0 Å². The Morgan fingerprint density at radius 1 is 1.12 bits per heavy atom. The number of nitriles is 1. The second-order valence-corrected chi connectivity index (χ2v) is 6.95. The number of benzene rings is 2. The Labute approximate surface area is 186 Å². The van der Waals surface area contributed by atoms with Gasteiger partial charge in [-0.15, -0.1) is 0 Å². The number of amides is 1. The van der Waals surface area contributed by atoms with Crippen molar-refractivity contribution >= 4 is 17.7 Å². The highest BCUT2D eigenvalue weighted by Crippen LogP contribution is 2.35. The molecule has 1 atom stereocenters. The number of para-hydroxylation sites is 1. The highest BCUT2D eigenvalue weighted by Gasteiger charge is 2.64. The van der Waals surface area contributed by atoms with Crippen LogP contribution in [0, 0.1) is 18.3 Å². The van der Waals surface area contributed by atoms with Gasteiger partial charge < -0.3 is 15.4 Å². The quantitative estimate of drug-likeness (QED) is 0.434. The molecule has 0 aliphatic heterocycles. The van der Waals surface area contributed by atoms with Crippen LogP contribution >= 0.6 is 0 Å². The molecule has 0 bridgehead atoms. The maximum Gasteiger partial charge on any atom is 0.441 e. The summed E-state index contributed by atoms with van der Waals surface area (Å²) in [4.78, 5) is 25.3. The van der Waals surface area contributed by atoms with Gasteiger partial charge in [0.05, 0.1) is 19.0 Å². The minimum Gasteiger partial charge on any atom is -0.466 e. The summed E-state index contributed by atoms with van der Waals surface area (Å²) in [7, 11) is 0.753. The van der Waals surface area contributed by atoms with E-state index >= 15 is 0 Å². The molecule has 0 saturated carbocycles. The van der Waals surface area contributed by atoms with E-state index in [1.54, 1.807) is 42.6 Å². The number of rotatable bonds is 6. The first kappa shape index (κ1) is 23.3. The number of nitrogens with zero attached hydrogens (tertiary/aromatic N) is 3. The van der Waals surface area contributed by atoms with Crippen molar-refractivity contribution in [2.24, 2.45) is 0 Å². The number of carbonyl (C=O) groups is 2. The number of halogens is 3. The van der Waals surface area contributed by atoms with E-state index in [1.807, 2.05) is 5.32 Å². The van der Waals surface area contributed by atoms with E-state index in [-0.39, 0.29) is 11.1 Å². The summed E-state index contributed by atoms with van der Waals surface area (Å²) in [5, 5.41) is 17.1. The lowest BCUT2D eigenvalue weighted by atomic mass is 10.1. The maximum atomic E-state index is 14.4. The van der Waals surface area contributed by atoms with Crippen LogP contribution in [-0.2, 0) is 9.53 Å². The van der Waals surface area contributed by atoms with Crippen LogP contribution in [0.5, 0.6) is 0 Å². The zero-order valence-corrected chi connectivity index (χ0v) is 17.5. The van der Waals surface area contributed by atoms with Crippen molar-refractivity contribution in [2.75, 3.05) is 12.4 Å². The first-order valence-corrected chi connectivity index (χ1v) is 9.49. The van der Waals surface area contributed by atoms with Crippen LogP contribution in [0.1, 0.15) is 21.5 Å². The van der Waals surface area contributed by atoms with Crippen molar-refractivity contribution in [3.8, 4) is 11.8 Å².